The number of carbonyl (C=O) groups is 1. The van der Waals surface area contributed by atoms with E-state index < -0.39 is 0 Å². The quantitative estimate of drug-likeness (QED) is 0.156. The standard InChI is InChI=1S/C3H5N3O/c4-1-2-6(5)3-7/h3H,2,5H2. The maximum absolute atomic E-state index is 9.54. The Labute approximate surface area is 41.1 Å². The molecule has 0 saturated carbocycles. The first kappa shape index (κ1) is 5.92. The Kier molecular flexibility index (Phi) is 2.64. The maximum Gasteiger partial charge on any atom is 0.224 e. The van der Waals surface area contributed by atoms with E-state index in [0.717, 1.165) is 5.01 Å². The molecule has 1 amide bonds. The number of nitriles is 1. The van der Waals surface area contributed by atoms with Gasteiger partial charge in [0.05, 0.1) is 6.07 Å². The molecule has 38 valence electrons. The monoisotopic (exact) mass is 99.0 g/mol. The first-order valence-electron chi connectivity index (χ1n) is 1.65. The number of hydrogen-bond donors (Lipinski definition) is 1. The summed E-state index contributed by atoms with van der Waals surface area (Å²) in [5.41, 5.74) is 0. The highest BCUT2D eigenvalue weighted by atomic mass is 16.1. The van der Waals surface area contributed by atoms with Crippen molar-refractivity contribution < 1.29 is 4.79 Å². The van der Waals surface area contributed by atoms with Gasteiger partial charge in [-0.05, 0) is 0 Å². The van der Waals surface area contributed by atoms with Crippen LogP contribution in [0.25, 0.3) is 0 Å². The Hall–Kier alpha value is -1.08. The topological polar surface area (TPSA) is 70.1 Å². The minimum Gasteiger partial charge on any atom is -0.277 e. The highest BCUT2D eigenvalue weighted by Gasteiger charge is 1.85. The largest absolute Gasteiger partial charge is 0.277 e. The maximum atomic E-state index is 9.54. The molecule has 7 heavy (non-hydrogen) atoms. The highest BCUT2D eigenvalue weighted by molar-refractivity contribution is 5.46. The molecule has 0 unspecified atom stereocenters. The Morgan fingerprint density at radius 3 is 2.71 bits per heavy atom. The zero-order chi connectivity index (χ0) is 5.70. The van der Waals surface area contributed by atoms with Crippen molar-refractivity contribution in [3.8, 4) is 6.07 Å². The third kappa shape index (κ3) is 2.73. The van der Waals surface area contributed by atoms with Gasteiger partial charge in [-0.1, -0.05) is 0 Å². The van der Waals surface area contributed by atoms with Gasteiger partial charge < -0.3 is 0 Å². The lowest BCUT2D eigenvalue weighted by Crippen LogP contribution is -2.29. The number of carbonyl (C=O) groups excluding carboxylic acids is 1. The molecule has 0 bridgehead atoms. The molecule has 2 N–H and O–H groups in total. The molecular formula is C3H5N3O. The fourth-order valence-corrected chi connectivity index (χ4v) is 0.119. The van der Waals surface area contributed by atoms with Crippen molar-refractivity contribution in [2.24, 2.45) is 5.84 Å². The summed E-state index contributed by atoms with van der Waals surface area (Å²) in [6.45, 7) is -0.0521. The molecule has 0 radical (unpaired) electrons. The van der Waals surface area contributed by atoms with Crippen LogP contribution in [-0.4, -0.2) is 18.0 Å². The summed E-state index contributed by atoms with van der Waals surface area (Å²) in [6.07, 6.45) is 0.392. The van der Waals surface area contributed by atoms with Crippen LogP contribution in [0.5, 0.6) is 0 Å². The van der Waals surface area contributed by atoms with Crippen LogP contribution in [-0.2, 0) is 4.79 Å². The summed E-state index contributed by atoms with van der Waals surface area (Å²) in [5.74, 6) is 4.83. The molecule has 0 heterocycles. The summed E-state index contributed by atoms with van der Waals surface area (Å²) in [6, 6.07) is 1.69. The second kappa shape index (κ2) is 3.12. The lowest BCUT2D eigenvalue weighted by Gasteiger charge is -1.99. The molecule has 0 aromatic rings. The van der Waals surface area contributed by atoms with Crippen LogP contribution >= 0.6 is 0 Å². The fourth-order valence-electron chi connectivity index (χ4n) is 0.119. The molecule has 0 atom stereocenters. The van der Waals surface area contributed by atoms with Gasteiger partial charge in [0, 0.05) is 0 Å². The van der Waals surface area contributed by atoms with Crippen molar-refractivity contribution in [2.45, 2.75) is 0 Å². The second-order valence-corrected chi connectivity index (χ2v) is 0.936. The van der Waals surface area contributed by atoms with Crippen molar-refractivity contribution in [3.63, 3.8) is 0 Å². The summed E-state index contributed by atoms with van der Waals surface area (Å²) in [4.78, 5) is 9.54. The average Bonchev–Trinajstić information content (AvgIpc) is 1.68. The van der Waals surface area contributed by atoms with Gasteiger partial charge in [0.2, 0.25) is 6.41 Å². The second-order valence-electron chi connectivity index (χ2n) is 0.936. The van der Waals surface area contributed by atoms with Crippen LogP contribution in [0, 0.1) is 11.3 Å². The summed E-state index contributed by atoms with van der Waals surface area (Å²) < 4.78 is 0. The number of nitrogens with zero attached hydrogens (tertiary/aromatic N) is 2. The van der Waals surface area contributed by atoms with E-state index in [1.165, 1.54) is 0 Å². The predicted octanol–water partition coefficient (Wildman–Crippen LogP) is -1.16. The normalized spacial score (nSPS) is 6.86. The lowest BCUT2D eigenvalue weighted by atomic mass is 10.7. The zero-order valence-corrected chi connectivity index (χ0v) is 3.66. The van der Waals surface area contributed by atoms with Gasteiger partial charge in [0.25, 0.3) is 0 Å². The summed E-state index contributed by atoms with van der Waals surface area (Å²) in [5, 5.41) is 8.60. The van der Waals surface area contributed by atoms with E-state index in [2.05, 4.69) is 0 Å². The first-order chi connectivity index (χ1) is 3.31. The molecule has 0 saturated heterocycles. The van der Waals surface area contributed by atoms with Crippen molar-refractivity contribution in [3.05, 3.63) is 0 Å². The Morgan fingerprint density at radius 2 is 2.57 bits per heavy atom. The molecule has 4 heteroatoms. The number of amides is 1. The zero-order valence-electron chi connectivity index (χ0n) is 3.66. The molecule has 0 spiro atoms. The third-order valence-corrected chi connectivity index (χ3v) is 0.389. The minimum atomic E-state index is -0.0521. The van der Waals surface area contributed by atoms with Crippen LogP contribution in [0.4, 0.5) is 0 Å². The lowest BCUT2D eigenvalue weighted by molar-refractivity contribution is -0.117. The molecule has 0 aromatic carbocycles. The fraction of sp³-hybridized carbons (Fsp3) is 0.333. The van der Waals surface area contributed by atoms with Crippen LogP contribution in [0.1, 0.15) is 0 Å². The van der Waals surface area contributed by atoms with E-state index in [9.17, 15) is 4.79 Å². The third-order valence-electron chi connectivity index (χ3n) is 0.389. The summed E-state index contributed by atoms with van der Waals surface area (Å²) >= 11 is 0. The molecule has 0 aliphatic heterocycles. The number of rotatable bonds is 2. The molecule has 4 nitrogen and oxygen atoms in total. The van der Waals surface area contributed by atoms with Crippen molar-refractivity contribution >= 4 is 6.41 Å². The van der Waals surface area contributed by atoms with E-state index >= 15 is 0 Å². The summed E-state index contributed by atoms with van der Waals surface area (Å²) in [7, 11) is 0. The Morgan fingerprint density at radius 1 is 2.00 bits per heavy atom. The number of hydrazine groups is 1. The Bertz CT molecular complexity index is 94.8. The van der Waals surface area contributed by atoms with E-state index in [4.69, 9.17) is 11.1 Å². The molecular weight excluding hydrogens is 94.1 g/mol. The van der Waals surface area contributed by atoms with Crippen molar-refractivity contribution in [2.75, 3.05) is 6.54 Å². The molecule has 0 fully saturated rings. The van der Waals surface area contributed by atoms with Gasteiger partial charge in [-0.3, -0.25) is 9.80 Å². The van der Waals surface area contributed by atoms with Crippen LogP contribution in [0.2, 0.25) is 0 Å². The van der Waals surface area contributed by atoms with E-state index in [1.54, 1.807) is 6.07 Å². The molecule has 0 aliphatic carbocycles. The van der Waals surface area contributed by atoms with E-state index in [0.29, 0.717) is 6.41 Å². The van der Waals surface area contributed by atoms with Crippen LogP contribution in [0.3, 0.4) is 0 Å². The van der Waals surface area contributed by atoms with E-state index in [-0.39, 0.29) is 6.54 Å². The first-order valence-corrected chi connectivity index (χ1v) is 1.65. The molecule has 0 rings (SSSR count). The van der Waals surface area contributed by atoms with E-state index in [1.807, 2.05) is 0 Å². The predicted molar refractivity (Wildman–Crippen MR) is 22.6 cm³/mol. The highest BCUT2D eigenvalue weighted by Crippen LogP contribution is 1.61. The van der Waals surface area contributed by atoms with Gasteiger partial charge in [0.1, 0.15) is 6.54 Å². The van der Waals surface area contributed by atoms with Gasteiger partial charge in [-0.15, -0.1) is 0 Å². The number of hydrogen-bond acceptors (Lipinski definition) is 3. The van der Waals surface area contributed by atoms with Crippen LogP contribution in [0.15, 0.2) is 0 Å². The van der Waals surface area contributed by atoms with Gasteiger partial charge in [-0.25, -0.2) is 5.84 Å². The number of nitrogens with two attached hydrogens (primary N) is 1. The SMILES string of the molecule is N#CCN(N)C=O. The smallest absolute Gasteiger partial charge is 0.224 e. The van der Waals surface area contributed by atoms with Gasteiger partial charge in [-0.2, -0.15) is 5.26 Å². The van der Waals surface area contributed by atoms with Crippen LogP contribution < -0.4 is 5.84 Å². The van der Waals surface area contributed by atoms with Gasteiger partial charge >= 0.3 is 0 Å². The Balaban J connectivity index is 3.21. The minimum absolute atomic E-state index is 0.0521. The molecule has 0 aliphatic rings. The van der Waals surface area contributed by atoms with Crippen molar-refractivity contribution in [1.29, 1.82) is 5.26 Å². The molecule has 0 aromatic heterocycles. The average molecular weight is 99.1 g/mol. The van der Waals surface area contributed by atoms with Crippen molar-refractivity contribution in [1.82, 2.24) is 5.01 Å². The van der Waals surface area contributed by atoms with Gasteiger partial charge in [0.15, 0.2) is 0 Å².